The second kappa shape index (κ2) is 3.58. The predicted octanol–water partition coefficient (Wildman–Crippen LogP) is 2.05. The van der Waals surface area contributed by atoms with Crippen molar-refractivity contribution < 1.29 is 4.79 Å². The van der Waals surface area contributed by atoms with E-state index in [-0.39, 0.29) is 0 Å². The second-order valence-corrected chi connectivity index (χ2v) is 4.57. The number of rotatable bonds is 2. The van der Waals surface area contributed by atoms with Gasteiger partial charge in [0.25, 0.3) is 0 Å². The molecule has 2 nitrogen and oxygen atoms in total. The van der Waals surface area contributed by atoms with E-state index >= 15 is 0 Å². The van der Waals surface area contributed by atoms with Gasteiger partial charge in [0.1, 0.15) is 0 Å². The maximum atomic E-state index is 10.3. The Labute approximate surface area is 82.5 Å². The molecule has 0 fully saturated rings. The maximum absolute atomic E-state index is 10.3. The molecule has 3 heteroatoms. The van der Waals surface area contributed by atoms with E-state index in [2.05, 4.69) is 23.7 Å². The molecule has 1 heterocycles. The SMILES string of the molecule is CC1=C2SC=C[C@@H]2CC(NC=O)C1. The number of amides is 1. The minimum atomic E-state index is 0.342. The second-order valence-electron chi connectivity index (χ2n) is 3.62. The van der Waals surface area contributed by atoms with Crippen molar-refractivity contribution in [3.8, 4) is 0 Å². The monoisotopic (exact) mass is 195 g/mol. The first-order valence-corrected chi connectivity index (χ1v) is 5.42. The lowest BCUT2D eigenvalue weighted by Gasteiger charge is -2.27. The highest BCUT2D eigenvalue weighted by atomic mass is 32.2. The number of fused-ring (bicyclic) bond motifs is 1. The van der Waals surface area contributed by atoms with Gasteiger partial charge in [-0.25, -0.2) is 0 Å². The molecule has 1 unspecified atom stereocenters. The van der Waals surface area contributed by atoms with Crippen LogP contribution in [0.3, 0.4) is 0 Å². The van der Waals surface area contributed by atoms with Crippen LogP contribution in [0.4, 0.5) is 0 Å². The molecule has 13 heavy (non-hydrogen) atoms. The van der Waals surface area contributed by atoms with E-state index in [1.165, 1.54) is 10.5 Å². The lowest BCUT2D eigenvalue weighted by atomic mass is 9.87. The smallest absolute Gasteiger partial charge is 0.207 e. The zero-order valence-electron chi connectivity index (χ0n) is 7.62. The van der Waals surface area contributed by atoms with Crippen LogP contribution >= 0.6 is 11.8 Å². The number of allylic oxidation sites excluding steroid dienone is 2. The van der Waals surface area contributed by atoms with Crippen LogP contribution in [0.1, 0.15) is 19.8 Å². The standard InChI is InChI=1S/C10H13NOS/c1-7-4-9(11-6-12)5-8-2-3-13-10(7)8/h2-3,6,8-9H,4-5H2,1H3,(H,11,12)/t8-,9?/m1/s1. The van der Waals surface area contributed by atoms with Gasteiger partial charge in [0.2, 0.25) is 6.41 Å². The first-order valence-electron chi connectivity index (χ1n) is 4.54. The Morgan fingerprint density at radius 2 is 2.54 bits per heavy atom. The molecular weight excluding hydrogens is 182 g/mol. The number of carbonyl (C=O) groups is 1. The highest BCUT2D eigenvalue weighted by molar-refractivity contribution is 8.06. The Bertz CT molecular complexity index is 283. The van der Waals surface area contributed by atoms with Crippen molar-refractivity contribution in [1.82, 2.24) is 5.32 Å². The van der Waals surface area contributed by atoms with Crippen molar-refractivity contribution >= 4 is 18.2 Å². The number of hydrogen-bond donors (Lipinski definition) is 1. The van der Waals surface area contributed by atoms with Crippen molar-refractivity contribution in [3.63, 3.8) is 0 Å². The Kier molecular flexibility index (Phi) is 2.44. The molecule has 0 radical (unpaired) electrons. The zero-order valence-corrected chi connectivity index (χ0v) is 8.43. The summed E-state index contributed by atoms with van der Waals surface area (Å²) in [6, 6.07) is 0.342. The van der Waals surface area contributed by atoms with Crippen molar-refractivity contribution in [3.05, 3.63) is 22.0 Å². The average Bonchev–Trinajstić information content (AvgIpc) is 2.53. The highest BCUT2D eigenvalue weighted by Gasteiger charge is 2.27. The molecule has 1 N–H and O–H groups in total. The van der Waals surface area contributed by atoms with Gasteiger partial charge in [-0.15, -0.1) is 11.8 Å². The molecule has 0 aromatic rings. The van der Waals surface area contributed by atoms with Crippen LogP contribution in [0, 0.1) is 5.92 Å². The van der Waals surface area contributed by atoms with E-state index in [4.69, 9.17) is 0 Å². The van der Waals surface area contributed by atoms with Crippen LogP contribution in [0.15, 0.2) is 22.0 Å². The molecule has 0 bridgehead atoms. The summed E-state index contributed by atoms with van der Waals surface area (Å²) in [4.78, 5) is 11.8. The molecule has 1 amide bonds. The molecule has 0 spiro atoms. The summed E-state index contributed by atoms with van der Waals surface area (Å²) >= 11 is 1.84. The Balaban J connectivity index is 2.13. The number of thioether (sulfide) groups is 1. The average molecular weight is 195 g/mol. The van der Waals surface area contributed by atoms with Crippen molar-refractivity contribution in [1.29, 1.82) is 0 Å². The van der Waals surface area contributed by atoms with Gasteiger partial charge in [0.05, 0.1) is 0 Å². The fourth-order valence-corrected chi connectivity index (χ4v) is 3.12. The Hall–Kier alpha value is -0.700. The van der Waals surface area contributed by atoms with Gasteiger partial charge < -0.3 is 5.32 Å². The van der Waals surface area contributed by atoms with E-state index in [0.717, 1.165) is 19.3 Å². The molecule has 0 aromatic carbocycles. The molecule has 70 valence electrons. The third-order valence-electron chi connectivity index (χ3n) is 2.66. The highest BCUT2D eigenvalue weighted by Crippen LogP contribution is 2.43. The fourth-order valence-electron chi connectivity index (χ4n) is 2.07. The zero-order chi connectivity index (χ0) is 9.26. The lowest BCUT2D eigenvalue weighted by Crippen LogP contribution is -2.32. The van der Waals surface area contributed by atoms with E-state index in [9.17, 15) is 4.79 Å². The summed E-state index contributed by atoms with van der Waals surface area (Å²) in [6.45, 7) is 2.17. The quantitative estimate of drug-likeness (QED) is 0.683. The van der Waals surface area contributed by atoms with Crippen molar-refractivity contribution in [2.24, 2.45) is 5.92 Å². The topological polar surface area (TPSA) is 29.1 Å². The van der Waals surface area contributed by atoms with Crippen LogP contribution in [0.2, 0.25) is 0 Å². The minimum absolute atomic E-state index is 0.342. The molecule has 2 aliphatic rings. The molecule has 2 rings (SSSR count). The van der Waals surface area contributed by atoms with Gasteiger partial charge in [-0.2, -0.15) is 0 Å². The van der Waals surface area contributed by atoms with Gasteiger partial charge >= 0.3 is 0 Å². The van der Waals surface area contributed by atoms with Gasteiger partial charge in [0.15, 0.2) is 0 Å². The Morgan fingerprint density at radius 3 is 3.31 bits per heavy atom. The molecule has 0 saturated heterocycles. The van der Waals surface area contributed by atoms with Gasteiger partial charge in [-0.1, -0.05) is 11.6 Å². The fraction of sp³-hybridized carbons (Fsp3) is 0.500. The molecule has 0 aromatic heterocycles. The van der Waals surface area contributed by atoms with E-state index in [0.29, 0.717) is 12.0 Å². The Morgan fingerprint density at radius 1 is 1.69 bits per heavy atom. The lowest BCUT2D eigenvalue weighted by molar-refractivity contribution is -0.110. The van der Waals surface area contributed by atoms with Crippen molar-refractivity contribution in [2.75, 3.05) is 0 Å². The summed E-state index contributed by atoms with van der Waals surface area (Å²) in [5.41, 5.74) is 1.44. The van der Waals surface area contributed by atoms with Gasteiger partial charge in [0, 0.05) is 12.0 Å². The van der Waals surface area contributed by atoms with Crippen LogP contribution in [-0.4, -0.2) is 12.5 Å². The van der Waals surface area contributed by atoms with Gasteiger partial charge in [-0.3, -0.25) is 4.79 Å². The summed E-state index contributed by atoms with van der Waals surface area (Å²) < 4.78 is 0. The van der Waals surface area contributed by atoms with Crippen LogP contribution in [0.5, 0.6) is 0 Å². The van der Waals surface area contributed by atoms with E-state index < -0.39 is 0 Å². The van der Waals surface area contributed by atoms with Gasteiger partial charge in [-0.05, 0) is 30.1 Å². The molecule has 0 saturated carbocycles. The van der Waals surface area contributed by atoms with E-state index in [1.54, 1.807) is 0 Å². The molecule has 2 atom stereocenters. The maximum Gasteiger partial charge on any atom is 0.207 e. The molecular formula is C10H13NOS. The number of carbonyl (C=O) groups excluding carboxylic acids is 1. The minimum Gasteiger partial charge on any atom is -0.356 e. The van der Waals surface area contributed by atoms with Crippen LogP contribution < -0.4 is 5.32 Å². The normalized spacial score (nSPS) is 31.8. The molecule has 1 aliphatic carbocycles. The van der Waals surface area contributed by atoms with E-state index in [1.807, 2.05) is 11.8 Å². The van der Waals surface area contributed by atoms with Crippen LogP contribution in [-0.2, 0) is 4.79 Å². The first kappa shape index (κ1) is 8.88. The third kappa shape index (κ3) is 1.66. The number of nitrogens with one attached hydrogen (secondary N) is 1. The summed E-state index contributed by atoms with van der Waals surface area (Å²) in [5, 5.41) is 5.03. The third-order valence-corrected chi connectivity index (χ3v) is 3.86. The predicted molar refractivity (Wildman–Crippen MR) is 55.1 cm³/mol. The number of hydrogen-bond acceptors (Lipinski definition) is 2. The summed E-state index contributed by atoms with van der Waals surface area (Å²) in [6.07, 6.45) is 5.13. The first-order chi connectivity index (χ1) is 6.31. The summed E-state index contributed by atoms with van der Waals surface area (Å²) in [5.74, 6) is 0.566. The van der Waals surface area contributed by atoms with Crippen molar-refractivity contribution in [2.45, 2.75) is 25.8 Å². The largest absolute Gasteiger partial charge is 0.356 e. The summed E-state index contributed by atoms with van der Waals surface area (Å²) in [7, 11) is 0. The van der Waals surface area contributed by atoms with Crippen LogP contribution in [0.25, 0.3) is 0 Å². The molecule has 1 aliphatic heterocycles.